The highest BCUT2D eigenvalue weighted by Crippen LogP contribution is 2.21. The van der Waals surface area contributed by atoms with E-state index in [4.69, 9.17) is 0 Å². The van der Waals surface area contributed by atoms with Gasteiger partial charge in [-0.2, -0.15) is 0 Å². The fourth-order valence-electron chi connectivity index (χ4n) is 1.69. The fourth-order valence-corrected chi connectivity index (χ4v) is 1.92. The minimum Gasteiger partial charge on any atom is -0.333 e. The van der Waals surface area contributed by atoms with Crippen molar-refractivity contribution in [2.75, 3.05) is 11.4 Å². The molecule has 1 aromatic rings. The molecule has 0 spiro atoms. The molecule has 0 aliphatic carbocycles. The van der Waals surface area contributed by atoms with E-state index in [0.29, 0.717) is 12.5 Å². The van der Waals surface area contributed by atoms with E-state index in [1.54, 1.807) is 11.1 Å². The number of aromatic nitrogens is 1. The van der Waals surface area contributed by atoms with Crippen molar-refractivity contribution >= 4 is 27.6 Å². The Bertz CT molecular complexity index is 391. The smallest absolute Gasteiger partial charge is 0.322 e. The Hall–Kier alpha value is -1.10. The molecular formula is C11H14BrN3O. The highest BCUT2D eigenvalue weighted by molar-refractivity contribution is 9.10. The third kappa shape index (κ3) is 2.19. The molecule has 5 heteroatoms. The van der Waals surface area contributed by atoms with Gasteiger partial charge in [0.25, 0.3) is 0 Å². The van der Waals surface area contributed by atoms with Crippen LogP contribution in [0.4, 0.5) is 10.5 Å². The van der Waals surface area contributed by atoms with Crippen LogP contribution < -0.4 is 10.2 Å². The molecule has 1 saturated heterocycles. The van der Waals surface area contributed by atoms with Gasteiger partial charge in [0.05, 0.1) is 17.9 Å². The van der Waals surface area contributed by atoms with Gasteiger partial charge in [0.1, 0.15) is 4.60 Å². The molecule has 1 aliphatic heterocycles. The molecule has 0 radical (unpaired) electrons. The van der Waals surface area contributed by atoms with Crippen molar-refractivity contribution in [1.29, 1.82) is 0 Å². The van der Waals surface area contributed by atoms with Crippen LogP contribution in [0.2, 0.25) is 0 Å². The molecule has 2 heterocycles. The summed E-state index contributed by atoms with van der Waals surface area (Å²) in [6.07, 6.45) is 1.70. The summed E-state index contributed by atoms with van der Waals surface area (Å²) in [7, 11) is 0. The number of nitrogens with one attached hydrogen (secondary N) is 1. The minimum absolute atomic E-state index is 0.0391. The second-order valence-electron chi connectivity index (χ2n) is 4.25. The first-order valence-electron chi connectivity index (χ1n) is 5.27. The van der Waals surface area contributed by atoms with Crippen LogP contribution >= 0.6 is 15.9 Å². The molecule has 0 unspecified atom stereocenters. The monoisotopic (exact) mass is 283 g/mol. The lowest BCUT2D eigenvalue weighted by Crippen LogP contribution is -2.31. The predicted molar refractivity (Wildman–Crippen MR) is 66.4 cm³/mol. The molecule has 1 atom stereocenters. The zero-order valence-electron chi connectivity index (χ0n) is 9.27. The zero-order valence-corrected chi connectivity index (χ0v) is 10.9. The largest absolute Gasteiger partial charge is 0.333 e. The first-order valence-corrected chi connectivity index (χ1v) is 6.07. The first-order chi connectivity index (χ1) is 7.58. The van der Waals surface area contributed by atoms with Gasteiger partial charge >= 0.3 is 6.03 Å². The number of anilines is 1. The predicted octanol–water partition coefficient (Wildman–Crippen LogP) is 2.40. The molecule has 0 bridgehead atoms. The Kier molecular flexibility index (Phi) is 3.14. The van der Waals surface area contributed by atoms with Gasteiger partial charge in [0.2, 0.25) is 0 Å². The van der Waals surface area contributed by atoms with Crippen LogP contribution in [0.5, 0.6) is 0 Å². The van der Waals surface area contributed by atoms with E-state index in [0.717, 1.165) is 10.3 Å². The van der Waals surface area contributed by atoms with Crippen LogP contribution in [-0.4, -0.2) is 23.6 Å². The summed E-state index contributed by atoms with van der Waals surface area (Å²) in [6.45, 7) is 4.92. The number of amides is 2. The van der Waals surface area contributed by atoms with E-state index < -0.39 is 0 Å². The second kappa shape index (κ2) is 4.41. The summed E-state index contributed by atoms with van der Waals surface area (Å²) in [5.41, 5.74) is 0.837. The van der Waals surface area contributed by atoms with E-state index in [1.165, 1.54) is 0 Å². The highest BCUT2D eigenvalue weighted by Gasteiger charge is 2.31. The lowest BCUT2D eigenvalue weighted by molar-refractivity contribution is 0.249. The van der Waals surface area contributed by atoms with E-state index >= 15 is 0 Å². The maximum Gasteiger partial charge on any atom is 0.322 e. The number of pyridine rings is 1. The van der Waals surface area contributed by atoms with E-state index in [9.17, 15) is 4.79 Å². The molecule has 2 amide bonds. The van der Waals surface area contributed by atoms with Crippen molar-refractivity contribution in [3.05, 3.63) is 22.9 Å². The lowest BCUT2D eigenvalue weighted by atomic mass is 10.1. The maximum atomic E-state index is 11.7. The number of urea groups is 1. The van der Waals surface area contributed by atoms with Crippen molar-refractivity contribution in [2.45, 2.75) is 19.9 Å². The molecule has 1 aromatic heterocycles. The Labute approximate surface area is 103 Å². The van der Waals surface area contributed by atoms with Gasteiger partial charge < -0.3 is 5.32 Å². The second-order valence-corrected chi connectivity index (χ2v) is 5.06. The van der Waals surface area contributed by atoms with Crippen LogP contribution in [0.25, 0.3) is 0 Å². The van der Waals surface area contributed by atoms with Gasteiger partial charge in [-0.15, -0.1) is 0 Å². The Morgan fingerprint density at radius 2 is 2.31 bits per heavy atom. The third-order valence-corrected chi connectivity index (χ3v) is 3.23. The van der Waals surface area contributed by atoms with Crippen molar-refractivity contribution in [2.24, 2.45) is 5.92 Å². The summed E-state index contributed by atoms with van der Waals surface area (Å²) in [5.74, 6) is 0.442. The SMILES string of the molecule is CC(C)[C@H]1CN(c2ccc(Br)nc2)C(=O)N1. The molecular weight excluding hydrogens is 270 g/mol. The number of carbonyl (C=O) groups excluding carboxylic acids is 1. The minimum atomic E-state index is -0.0391. The van der Waals surface area contributed by atoms with Gasteiger partial charge in [-0.1, -0.05) is 13.8 Å². The molecule has 1 fully saturated rings. The number of rotatable bonds is 2. The van der Waals surface area contributed by atoms with Crippen molar-refractivity contribution in [3.63, 3.8) is 0 Å². The Morgan fingerprint density at radius 1 is 1.56 bits per heavy atom. The van der Waals surface area contributed by atoms with Gasteiger partial charge in [-0.25, -0.2) is 9.78 Å². The molecule has 1 N–H and O–H groups in total. The van der Waals surface area contributed by atoms with Crippen LogP contribution in [0.15, 0.2) is 22.9 Å². The Balaban J connectivity index is 2.16. The normalized spacial score (nSPS) is 20.4. The molecule has 0 saturated carbocycles. The third-order valence-electron chi connectivity index (χ3n) is 2.76. The van der Waals surface area contributed by atoms with Gasteiger partial charge in [0.15, 0.2) is 0 Å². The summed E-state index contributed by atoms with van der Waals surface area (Å²) in [4.78, 5) is 17.6. The number of hydrogen-bond donors (Lipinski definition) is 1. The molecule has 4 nitrogen and oxygen atoms in total. The summed E-state index contributed by atoms with van der Waals surface area (Å²) >= 11 is 3.27. The highest BCUT2D eigenvalue weighted by atomic mass is 79.9. The van der Waals surface area contributed by atoms with Crippen LogP contribution in [0.1, 0.15) is 13.8 Å². The fraction of sp³-hybridized carbons (Fsp3) is 0.455. The zero-order chi connectivity index (χ0) is 11.7. The van der Waals surface area contributed by atoms with Crippen LogP contribution in [0, 0.1) is 5.92 Å². The number of nitrogens with zero attached hydrogens (tertiary/aromatic N) is 2. The average Bonchev–Trinajstić information content (AvgIpc) is 2.62. The summed E-state index contributed by atoms with van der Waals surface area (Å²) in [5, 5.41) is 2.96. The number of halogens is 1. The molecule has 86 valence electrons. The van der Waals surface area contributed by atoms with Crippen molar-refractivity contribution in [1.82, 2.24) is 10.3 Å². The van der Waals surface area contributed by atoms with Gasteiger partial charge in [-0.05, 0) is 34.0 Å². The standard InChI is InChI=1S/C11H14BrN3O/c1-7(2)9-6-15(11(16)14-9)8-3-4-10(12)13-5-8/h3-5,7,9H,6H2,1-2H3,(H,14,16)/t9-/m1/s1. The first kappa shape index (κ1) is 11.4. The summed E-state index contributed by atoms with van der Waals surface area (Å²) in [6, 6.07) is 3.91. The van der Waals surface area contributed by atoms with Crippen LogP contribution in [-0.2, 0) is 0 Å². The van der Waals surface area contributed by atoms with Crippen LogP contribution in [0.3, 0.4) is 0 Å². The summed E-state index contributed by atoms with van der Waals surface area (Å²) < 4.78 is 0.774. The lowest BCUT2D eigenvalue weighted by Gasteiger charge is -2.15. The molecule has 0 aromatic carbocycles. The van der Waals surface area contributed by atoms with E-state index in [2.05, 4.69) is 40.1 Å². The van der Waals surface area contributed by atoms with Crippen molar-refractivity contribution in [3.8, 4) is 0 Å². The number of carbonyl (C=O) groups is 1. The number of hydrogen-bond acceptors (Lipinski definition) is 2. The maximum absolute atomic E-state index is 11.7. The average molecular weight is 284 g/mol. The van der Waals surface area contributed by atoms with Crippen molar-refractivity contribution < 1.29 is 4.79 Å². The van der Waals surface area contributed by atoms with E-state index in [-0.39, 0.29) is 12.1 Å². The molecule has 16 heavy (non-hydrogen) atoms. The van der Waals surface area contributed by atoms with Gasteiger partial charge in [0, 0.05) is 6.54 Å². The quantitative estimate of drug-likeness (QED) is 0.848. The van der Waals surface area contributed by atoms with Gasteiger partial charge in [-0.3, -0.25) is 4.90 Å². The molecule has 2 rings (SSSR count). The Morgan fingerprint density at radius 3 is 2.81 bits per heavy atom. The topological polar surface area (TPSA) is 45.2 Å². The van der Waals surface area contributed by atoms with E-state index in [1.807, 2.05) is 12.1 Å². The molecule has 1 aliphatic rings.